The number of hydrogen-bond donors (Lipinski definition) is 2. The van der Waals surface area contributed by atoms with Gasteiger partial charge in [-0.3, -0.25) is 5.43 Å². The lowest BCUT2D eigenvalue weighted by atomic mass is 10.1. The fraction of sp³-hybridized carbons (Fsp3) is 0.176. The second-order valence-electron chi connectivity index (χ2n) is 5.00. The first-order chi connectivity index (χ1) is 11.0. The van der Waals surface area contributed by atoms with Gasteiger partial charge in [0.1, 0.15) is 0 Å². The van der Waals surface area contributed by atoms with E-state index in [4.69, 9.17) is 29.6 Å². The zero-order valence-corrected chi connectivity index (χ0v) is 15.1. The molecule has 0 aliphatic heterocycles. The molecule has 0 fully saturated rings. The van der Waals surface area contributed by atoms with Gasteiger partial charge in [-0.05, 0) is 49.0 Å². The zero-order valence-electron chi connectivity index (χ0n) is 12.7. The molecule has 0 aromatic heterocycles. The molecule has 23 heavy (non-hydrogen) atoms. The van der Waals surface area contributed by atoms with E-state index in [1.54, 1.807) is 11.8 Å². The van der Waals surface area contributed by atoms with E-state index in [2.05, 4.69) is 22.7 Å². The van der Waals surface area contributed by atoms with Crippen molar-refractivity contribution in [1.29, 1.82) is 0 Å². The van der Waals surface area contributed by atoms with Gasteiger partial charge in [0.25, 0.3) is 0 Å². The molecule has 1 atom stereocenters. The van der Waals surface area contributed by atoms with Crippen LogP contribution >= 0.6 is 35.6 Å². The summed E-state index contributed by atoms with van der Waals surface area (Å²) in [6.45, 7) is 1.96. The van der Waals surface area contributed by atoms with Gasteiger partial charge in [0, 0.05) is 27.3 Å². The van der Waals surface area contributed by atoms with Crippen LogP contribution in [0.3, 0.4) is 0 Å². The molecule has 0 heterocycles. The number of nitrogens with one attached hydrogen (secondary N) is 1. The Balaban J connectivity index is 2.17. The molecule has 120 valence electrons. The summed E-state index contributed by atoms with van der Waals surface area (Å²) >= 11 is 12.5. The molecule has 0 saturated carbocycles. The summed E-state index contributed by atoms with van der Waals surface area (Å²) in [5, 5.41) is 5.37. The van der Waals surface area contributed by atoms with Crippen molar-refractivity contribution in [2.24, 2.45) is 10.8 Å². The van der Waals surface area contributed by atoms with Crippen molar-refractivity contribution in [3.05, 3.63) is 65.2 Å². The first-order valence-electron chi connectivity index (χ1n) is 7.10. The van der Waals surface area contributed by atoms with Crippen LogP contribution in [-0.2, 0) is 0 Å². The van der Waals surface area contributed by atoms with Gasteiger partial charge < -0.3 is 5.73 Å². The van der Waals surface area contributed by atoms with Crippen LogP contribution in [0.4, 0.5) is 0 Å². The van der Waals surface area contributed by atoms with E-state index in [0.717, 1.165) is 17.2 Å². The highest BCUT2D eigenvalue weighted by atomic mass is 35.5. The Morgan fingerprint density at radius 3 is 2.48 bits per heavy atom. The van der Waals surface area contributed by atoms with Gasteiger partial charge in [0.2, 0.25) is 0 Å². The maximum Gasteiger partial charge on any atom is 0.184 e. The molecule has 0 aliphatic carbocycles. The Morgan fingerprint density at radius 2 is 1.87 bits per heavy atom. The Morgan fingerprint density at radius 1 is 1.22 bits per heavy atom. The van der Waals surface area contributed by atoms with E-state index in [1.165, 1.54) is 10.5 Å². The predicted molar refractivity (Wildman–Crippen MR) is 104 cm³/mol. The fourth-order valence-corrected chi connectivity index (χ4v) is 3.45. The number of rotatable bonds is 6. The van der Waals surface area contributed by atoms with Crippen LogP contribution < -0.4 is 11.2 Å². The van der Waals surface area contributed by atoms with Crippen LogP contribution in [0.1, 0.15) is 24.2 Å². The quantitative estimate of drug-likeness (QED) is 0.336. The highest BCUT2D eigenvalue weighted by molar-refractivity contribution is 7.99. The van der Waals surface area contributed by atoms with E-state index < -0.39 is 0 Å². The molecule has 0 saturated heterocycles. The number of halogens is 1. The number of nitrogens with zero attached hydrogens (tertiary/aromatic N) is 1. The van der Waals surface area contributed by atoms with Gasteiger partial charge in [-0.1, -0.05) is 41.9 Å². The first-order valence-corrected chi connectivity index (χ1v) is 8.77. The predicted octanol–water partition coefficient (Wildman–Crippen LogP) is 4.77. The number of hydrazone groups is 1. The molecule has 0 amide bonds. The van der Waals surface area contributed by atoms with Gasteiger partial charge in [-0.15, -0.1) is 11.8 Å². The molecule has 0 radical (unpaired) electrons. The Labute approximate surface area is 151 Å². The van der Waals surface area contributed by atoms with E-state index >= 15 is 0 Å². The van der Waals surface area contributed by atoms with E-state index in [-0.39, 0.29) is 10.4 Å². The highest BCUT2D eigenvalue weighted by Crippen LogP contribution is 2.38. The second kappa shape index (κ2) is 8.91. The van der Waals surface area contributed by atoms with E-state index in [0.29, 0.717) is 0 Å². The van der Waals surface area contributed by atoms with Crippen molar-refractivity contribution in [3.8, 4) is 0 Å². The molecule has 3 nitrogen and oxygen atoms in total. The smallest absolute Gasteiger partial charge is 0.184 e. The average Bonchev–Trinajstić information content (AvgIpc) is 2.55. The molecule has 6 heteroatoms. The van der Waals surface area contributed by atoms with Crippen molar-refractivity contribution >= 4 is 46.4 Å². The molecule has 3 N–H and O–H groups in total. The minimum Gasteiger partial charge on any atom is -0.375 e. The summed E-state index contributed by atoms with van der Waals surface area (Å²) in [6.07, 6.45) is 0.785. The van der Waals surface area contributed by atoms with Crippen molar-refractivity contribution in [2.45, 2.75) is 23.5 Å². The second-order valence-corrected chi connectivity index (χ2v) is 7.15. The van der Waals surface area contributed by atoms with Crippen LogP contribution in [0.2, 0.25) is 5.02 Å². The average molecular weight is 364 g/mol. The molecule has 2 rings (SSSR count). The first kappa shape index (κ1) is 17.8. The monoisotopic (exact) mass is 363 g/mol. The minimum atomic E-state index is 0.172. The standard InChI is InChI=1S/C17H18ClN3S2/c1-12(20-21-17(19)22)11-16(13-5-3-2-4-6-13)23-15-9-7-14(18)8-10-15/h2-10,16H,11H2,1H3,(H3,19,21,22)/b20-12-. The lowest BCUT2D eigenvalue weighted by Gasteiger charge is -2.17. The third-order valence-electron chi connectivity index (χ3n) is 3.10. The van der Waals surface area contributed by atoms with Gasteiger partial charge in [-0.2, -0.15) is 5.10 Å². The minimum absolute atomic E-state index is 0.172. The summed E-state index contributed by atoms with van der Waals surface area (Å²) in [5.41, 5.74) is 10.2. The van der Waals surface area contributed by atoms with Crippen LogP contribution in [-0.4, -0.2) is 10.8 Å². The molecule has 2 aromatic carbocycles. The molecule has 0 aliphatic rings. The summed E-state index contributed by atoms with van der Waals surface area (Å²) in [4.78, 5) is 1.17. The molecule has 2 aromatic rings. The Kier molecular flexibility index (Phi) is 6.89. The molecule has 1 unspecified atom stereocenters. The summed E-state index contributed by atoms with van der Waals surface area (Å²) in [5.74, 6) is 0. The SMILES string of the molecule is C/C(CC(Sc1ccc(Cl)cc1)c1ccccc1)=N/NC(N)=S. The van der Waals surface area contributed by atoms with Gasteiger partial charge in [-0.25, -0.2) is 0 Å². The maximum absolute atomic E-state index is 5.96. The Hall–Kier alpha value is -1.56. The topological polar surface area (TPSA) is 50.4 Å². The summed E-state index contributed by atoms with van der Waals surface area (Å²) in [7, 11) is 0. The van der Waals surface area contributed by atoms with Gasteiger partial charge >= 0.3 is 0 Å². The summed E-state index contributed by atoms with van der Waals surface area (Å²) < 4.78 is 0. The number of nitrogens with two attached hydrogens (primary N) is 1. The maximum atomic E-state index is 5.96. The van der Waals surface area contributed by atoms with Gasteiger partial charge in [0.15, 0.2) is 5.11 Å². The van der Waals surface area contributed by atoms with Crippen molar-refractivity contribution in [3.63, 3.8) is 0 Å². The molecular weight excluding hydrogens is 346 g/mol. The molecule has 0 spiro atoms. The van der Waals surface area contributed by atoms with Crippen LogP contribution in [0.25, 0.3) is 0 Å². The van der Waals surface area contributed by atoms with Crippen LogP contribution in [0, 0.1) is 0 Å². The highest BCUT2D eigenvalue weighted by Gasteiger charge is 2.14. The lowest BCUT2D eigenvalue weighted by Crippen LogP contribution is -2.25. The third kappa shape index (κ3) is 6.22. The van der Waals surface area contributed by atoms with E-state index in [1.807, 2.05) is 49.4 Å². The largest absolute Gasteiger partial charge is 0.375 e. The summed E-state index contributed by atoms with van der Waals surface area (Å²) in [6, 6.07) is 18.2. The zero-order chi connectivity index (χ0) is 16.7. The Bertz CT molecular complexity index is 672. The normalized spacial score (nSPS) is 12.7. The third-order valence-corrected chi connectivity index (χ3v) is 4.71. The fourth-order valence-electron chi connectivity index (χ4n) is 2.04. The van der Waals surface area contributed by atoms with Crippen molar-refractivity contribution in [1.82, 2.24) is 5.43 Å². The van der Waals surface area contributed by atoms with Crippen molar-refractivity contribution < 1.29 is 0 Å². The van der Waals surface area contributed by atoms with Crippen LogP contribution in [0.5, 0.6) is 0 Å². The van der Waals surface area contributed by atoms with E-state index in [9.17, 15) is 0 Å². The number of thioether (sulfide) groups is 1. The molecular formula is C17H18ClN3S2. The van der Waals surface area contributed by atoms with Crippen molar-refractivity contribution in [2.75, 3.05) is 0 Å². The van der Waals surface area contributed by atoms with Gasteiger partial charge in [0.05, 0.1) is 0 Å². The number of thiocarbonyl (C=S) groups is 1. The number of hydrogen-bond acceptors (Lipinski definition) is 3. The number of benzene rings is 2. The van der Waals surface area contributed by atoms with Crippen LogP contribution in [0.15, 0.2) is 64.6 Å². The lowest BCUT2D eigenvalue weighted by molar-refractivity contribution is 0.952. The molecule has 0 bridgehead atoms.